The summed E-state index contributed by atoms with van der Waals surface area (Å²) in [5, 5.41) is 2.74. The Balaban J connectivity index is 1.09. The van der Waals surface area contributed by atoms with E-state index in [1.165, 1.54) is 22.3 Å². The zero-order valence-electron chi connectivity index (χ0n) is 22.6. The van der Waals surface area contributed by atoms with Crippen LogP contribution in [0, 0.1) is 0 Å². The molecule has 0 bridgehead atoms. The highest BCUT2D eigenvalue weighted by molar-refractivity contribution is 5.79. The Hall–Kier alpha value is -2.79. The van der Waals surface area contributed by atoms with Crippen LogP contribution in [0.5, 0.6) is 0 Å². The van der Waals surface area contributed by atoms with E-state index in [9.17, 15) is 4.79 Å². The minimum atomic E-state index is -0.445. The lowest BCUT2D eigenvalue weighted by Gasteiger charge is -2.14. The van der Waals surface area contributed by atoms with E-state index in [2.05, 4.69) is 36.2 Å². The molecule has 2 aromatic rings. The highest BCUT2D eigenvalue weighted by atomic mass is 16.6. The molecule has 2 aromatic carbocycles. The monoisotopic (exact) mass is 543 g/mol. The molecule has 0 atom stereocenters. The first kappa shape index (κ1) is 30.7. The predicted molar refractivity (Wildman–Crippen MR) is 148 cm³/mol. The van der Waals surface area contributed by atoms with E-state index >= 15 is 0 Å². The number of carbonyl (C=O) groups is 1. The lowest BCUT2D eigenvalue weighted by molar-refractivity contribution is -0.0155. The third-order valence-corrected chi connectivity index (χ3v) is 5.96. The van der Waals surface area contributed by atoms with Crippen molar-refractivity contribution < 1.29 is 38.0 Å². The first-order valence-electron chi connectivity index (χ1n) is 13.5. The van der Waals surface area contributed by atoms with Gasteiger partial charge in [-0.05, 0) is 22.3 Å². The summed E-state index contributed by atoms with van der Waals surface area (Å²) in [5.41, 5.74) is 4.79. The molecule has 9 heteroatoms. The molecule has 0 heterocycles. The van der Waals surface area contributed by atoms with Gasteiger partial charge >= 0.3 is 6.09 Å². The predicted octanol–water partition coefficient (Wildman–Crippen LogP) is 3.81. The van der Waals surface area contributed by atoms with E-state index < -0.39 is 6.09 Å². The van der Waals surface area contributed by atoms with Crippen LogP contribution in [-0.4, -0.2) is 98.5 Å². The molecule has 9 nitrogen and oxygen atoms in total. The third kappa shape index (κ3) is 11.5. The standard InChI is InChI=1S/C30H41NO8/c1-2-12-33-14-16-35-18-20-37-22-23-38-21-19-36-17-15-34-13-11-31-30(32)39-24-29-27-9-5-3-7-25(27)26-8-4-6-10-28(26)29/h2-10,29H,1,11-24H2,(H,31,32). The molecule has 214 valence electrons. The molecular weight excluding hydrogens is 502 g/mol. The number of carbonyl (C=O) groups excluding carboxylic acids is 1. The van der Waals surface area contributed by atoms with Gasteiger partial charge in [-0.1, -0.05) is 54.6 Å². The topological polar surface area (TPSA) is 93.7 Å². The Morgan fingerprint density at radius 3 is 1.59 bits per heavy atom. The summed E-state index contributed by atoms with van der Waals surface area (Å²) in [7, 11) is 0. The molecule has 0 aromatic heterocycles. The molecule has 3 rings (SSSR count). The van der Waals surface area contributed by atoms with Gasteiger partial charge in [0.25, 0.3) is 0 Å². The van der Waals surface area contributed by atoms with Crippen LogP contribution in [0.4, 0.5) is 4.79 Å². The Bertz CT molecular complexity index is 924. The summed E-state index contributed by atoms with van der Waals surface area (Å²) in [6, 6.07) is 16.5. The van der Waals surface area contributed by atoms with Crippen LogP contribution in [-0.2, 0) is 33.2 Å². The normalized spacial score (nSPS) is 12.2. The summed E-state index contributed by atoms with van der Waals surface area (Å²) in [6.45, 7) is 10.2. The summed E-state index contributed by atoms with van der Waals surface area (Å²) in [6.07, 6.45) is 1.26. The Kier molecular flexibility index (Phi) is 15.2. The number of alkyl carbamates (subject to hydrolysis) is 1. The van der Waals surface area contributed by atoms with Crippen LogP contribution in [0.15, 0.2) is 61.2 Å². The van der Waals surface area contributed by atoms with E-state index in [1.807, 2.05) is 24.3 Å². The molecule has 0 saturated carbocycles. The van der Waals surface area contributed by atoms with Crippen LogP contribution in [0.1, 0.15) is 17.0 Å². The number of amides is 1. The smallest absolute Gasteiger partial charge is 0.407 e. The van der Waals surface area contributed by atoms with E-state index in [4.69, 9.17) is 33.2 Å². The van der Waals surface area contributed by atoms with Gasteiger partial charge in [0.2, 0.25) is 0 Å². The first-order valence-corrected chi connectivity index (χ1v) is 13.5. The van der Waals surface area contributed by atoms with Gasteiger partial charge in [0.1, 0.15) is 6.61 Å². The largest absolute Gasteiger partial charge is 0.449 e. The summed E-state index contributed by atoms with van der Waals surface area (Å²) in [4.78, 5) is 12.2. The quantitative estimate of drug-likeness (QED) is 0.177. The fourth-order valence-corrected chi connectivity index (χ4v) is 4.14. The van der Waals surface area contributed by atoms with Crippen molar-refractivity contribution in [2.45, 2.75) is 5.92 Å². The minimum absolute atomic E-state index is 0.0472. The molecule has 1 aliphatic carbocycles. The van der Waals surface area contributed by atoms with Gasteiger partial charge < -0.3 is 38.5 Å². The summed E-state index contributed by atoms with van der Waals surface area (Å²) >= 11 is 0. The molecule has 0 fully saturated rings. The van der Waals surface area contributed by atoms with Gasteiger partial charge in [-0.15, -0.1) is 6.58 Å². The Labute approximate surface area is 231 Å². The lowest BCUT2D eigenvalue weighted by Crippen LogP contribution is -2.29. The molecule has 0 saturated heterocycles. The molecule has 0 aliphatic heterocycles. The second-order valence-corrected chi connectivity index (χ2v) is 8.68. The van der Waals surface area contributed by atoms with Gasteiger partial charge in [0.15, 0.2) is 0 Å². The number of rotatable bonds is 22. The van der Waals surface area contributed by atoms with Crippen molar-refractivity contribution in [3.05, 3.63) is 72.3 Å². The van der Waals surface area contributed by atoms with Crippen LogP contribution >= 0.6 is 0 Å². The number of fused-ring (bicyclic) bond motifs is 3. The van der Waals surface area contributed by atoms with Gasteiger partial charge in [-0.3, -0.25) is 0 Å². The maximum absolute atomic E-state index is 12.2. The molecule has 1 amide bonds. The molecule has 39 heavy (non-hydrogen) atoms. The number of hydrogen-bond donors (Lipinski definition) is 1. The fraction of sp³-hybridized carbons (Fsp3) is 0.500. The highest BCUT2D eigenvalue weighted by Gasteiger charge is 2.28. The Morgan fingerprint density at radius 1 is 0.667 bits per heavy atom. The van der Waals surface area contributed by atoms with Crippen LogP contribution in [0.2, 0.25) is 0 Å². The van der Waals surface area contributed by atoms with Crippen LogP contribution in [0.25, 0.3) is 11.1 Å². The summed E-state index contributed by atoms with van der Waals surface area (Å²) < 4.78 is 37.9. The Morgan fingerprint density at radius 2 is 1.10 bits per heavy atom. The summed E-state index contributed by atoms with van der Waals surface area (Å²) in [5.74, 6) is 0.0472. The van der Waals surface area contributed by atoms with Gasteiger partial charge in [0.05, 0.1) is 79.3 Å². The number of hydrogen-bond acceptors (Lipinski definition) is 8. The van der Waals surface area contributed by atoms with E-state index in [-0.39, 0.29) is 5.92 Å². The maximum Gasteiger partial charge on any atom is 0.407 e. The average molecular weight is 544 g/mol. The maximum atomic E-state index is 12.2. The van der Waals surface area contributed by atoms with Crippen molar-refractivity contribution in [2.24, 2.45) is 0 Å². The lowest BCUT2D eigenvalue weighted by atomic mass is 9.98. The average Bonchev–Trinajstić information content (AvgIpc) is 3.28. The fourth-order valence-electron chi connectivity index (χ4n) is 4.14. The molecular formula is C30H41NO8. The second-order valence-electron chi connectivity index (χ2n) is 8.68. The molecule has 1 N–H and O–H groups in total. The van der Waals surface area contributed by atoms with Crippen molar-refractivity contribution in [1.82, 2.24) is 5.32 Å². The minimum Gasteiger partial charge on any atom is -0.449 e. The first-order chi connectivity index (χ1) is 19.3. The zero-order chi connectivity index (χ0) is 27.4. The number of nitrogens with one attached hydrogen (secondary N) is 1. The van der Waals surface area contributed by atoms with Crippen LogP contribution in [0.3, 0.4) is 0 Å². The van der Waals surface area contributed by atoms with E-state index in [1.54, 1.807) is 6.08 Å². The third-order valence-electron chi connectivity index (χ3n) is 5.96. The van der Waals surface area contributed by atoms with Crippen molar-refractivity contribution in [1.29, 1.82) is 0 Å². The second kappa shape index (κ2) is 19.3. The molecule has 1 aliphatic rings. The van der Waals surface area contributed by atoms with Gasteiger partial charge in [-0.25, -0.2) is 4.79 Å². The SMILES string of the molecule is C=CCOCCOCCOCCOCCOCCOCCNC(=O)OCC1c2ccccc2-c2ccccc21. The number of benzene rings is 2. The molecule has 0 radical (unpaired) electrons. The molecule has 0 spiro atoms. The van der Waals surface area contributed by atoms with Crippen molar-refractivity contribution >= 4 is 6.09 Å². The van der Waals surface area contributed by atoms with Crippen LogP contribution < -0.4 is 5.32 Å². The van der Waals surface area contributed by atoms with Crippen molar-refractivity contribution in [2.75, 3.05) is 92.4 Å². The van der Waals surface area contributed by atoms with E-state index in [0.717, 1.165) is 0 Å². The molecule has 0 unspecified atom stereocenters. The van der Waals surface area contributed by atoms with E-state index in [0.29, 0.717) is 92.4 Å². The zero-order valence-corrected chi connectivity index (χ0v) is 22.6. The highest BCUT2D eigenvalue weighted by Crippen LogP contribution is 2.44. The van der Waals surface area contributed by atoms with Gasteiger partial charge in [-0.2, -0.15) is 0 Å². The van der Waals surface area contributed by atoms with Crippen molar-refractivity contribution in [3.8, 4) is 11.1 Å². The van der Waals surface area contributed by atoms with Crippen molar-refractivity contribution in [3.63, 3.8) is 0 Å². The number of ether oxygens (including phenoxy) is 7. The van der Waals surface area contributed by atoms with Gasteiger partial charge in [0, 0.05) is 12.5 Å².